The van der Waals surface area contributed by atoms with E-state index >= 15 is 0 Å². The molecule has 2 aromatic carbocycles. The van der Waals surface area contributed by atoms with Gasteiger partial charge in [-0.3, -0.25) is 4.79 Å². The Morgan fingerprint density at radius 1 is 1.15 bits per heavy atom. The second-order valence-corrected chi connectivity index (χ2v) is 7.05. The Bertz CT molecular complexity index is 774. The lowest BCUT2D eigenvalue weighted by atomic mass is 9.66. The van der Waals surface area contributed by atoms with Gasteiger partial charge >= 0.3 is 0 Å². The van der Waals surface area contributed by atoms with Crippen molar-refractivity contribution in [2.75, 3.05) is 20.3 Å². The van der Waals surface area contributed by atoms with E-state index < -0.39 is 18.1 Å². The summed E-state index contributed by atoms with van der Waals surface area (Å²) in [6, 6.07) is 15.5. The van der Waals surface area contributed by atoms with Crippen molar-refractivity contribution in [3.05, 3.63) is 65.2 Å². The molecule has 0 fully saturated rings. The van der Waals surface area contributed by atoms with E-state index in [1.807, 2.05) is 48.5 Å². The van der Waals surface area contributed by atoms with Crippen molar-refractivity contribution in [2.45, 2.75) is 37.4 Å². The SMILES string of the molecule is COc1ccc2c(c1)C(COCc1ccccc1)(CC(O)CO)C(=O)CC2. The molecule has 0 radical (unpaired) electrons. The molecule has 5 nitrogen and oxygen atoms in total. The molecule has 0 spiro atoms. The van der Waals surface area contributed by atoms with E-state index in [1.54, 1.807) is 7.11 Å². The molecule has 3 rings (SSSR count). The molecule has 0 bridgehead atoms. The maximum atomic E-state index is 13.1. The molecule has 2 unspecified atom stereocenters. The monoisotopic (exact) mass is 370 g/mol. The number of aliphatic hydroxyl groups excluding tert-OH is 2. The van der Waals surface area contributed by atoms with Crippen LogP contribution in [0.3, 0.4) is 0 Å². The predicted molar refractivity (Wildman–Crippen MR) is 102 cm³/mol. The van der Waals surface area contributed by atoms with E-state index in [0.29, 0.717) is 25.2 Å². The standard InChI is InChI=1S/C22H26O5/c1-26-19-9-7-17-8-10-21(25)22(20(17)11-19,12-18(24)13-23)15-27-14-16-5-3-2-4-6-16/h2-7,9,11,18,23-24H,8,10,12-15H2,1H3. The second kappa shape index (κ2) is 8.65. The van der Waals surface area contributed by atoms with Gasteiger partial charge in [0.25, 0.3) is 0 Å². The zero-order chi connectivity index (χ0) is 19.3. The van der Waals surface area contributed by atoms with Crippen LogP contribution >= 0.6 is 0 Å². The Morgan fingerprint density at radius 3 is 2.63 bits per heavy atom. The Kier molecular flexibility index (Phi) is 6.26. The first-order chi connectivity index (χ1) is 13.1. The number of hydrogen-bond acceptors (Lipinski definition) is 5. The lowest BCUT2D eigenvalue weighted by molar-refractivity contribution is -0.130. The number of aliphatic hydroxyl groups is 2. The zero-order valence-electron chi connectivity index (χ0n) is 15.6. The van der Waals surface area contributed by atoms with Gasteiger partial charge in [0, 0.05) is 6.42 Å². The summed E-state index contributed by atoms with van der Waals surface area (Å²) in [5, 5.41) is 19.6. The van der Waals surface area contributed by atoms with Gasteiger partial charge in [-0.15, -0.1) is 0 Å². The number of ether oxygens (including phenoxy) is 2. The van der Waals surface area contributed by atoms with Crippen molar-refractivity contribution in [1.82, 2.24) is 0 Å². The molecular formula is C22H26O5. The molecule has 2 N–H and O–H groups in total. The summed E-state index contributed by atoms with van der Waals surface area (Å²) in [6.07, 6.45) is 0.184. The maximum Gasteiger partial charge on any atom is 0.146 e. The molecule has 0 heterocycles. The Balaban J connectivity index is 1.93. The molecule has 0 aliphatic heterocycles. The minimum Gasteiger partial charge on any atom is -0.497 e. The van der Waals surface area contributed by atoms with Gasteiger partial charge in [0.1, 0.15) is 11.5 Å². The molecule has 0 saturated heterocycles. The summed E-state index contributed by atoms with van der Waals surface area (Å²) in [4.78, 5) is 13.1. The Labute approximate surface area is 159 Å². The van der Waals surface area contributed by atoms with Crippen molar-refractivity contribution < 1.29 is 24.5 Å². The average Bonchev–Trinajstić information content (AvgIpc) is 2.71. The summed E-state index contributed by atoms with van der Waals surface area (Å²) in [5.41, 5.74) is 1.92. The summed E-state index contributed by atoms with van der Waals surface area (Å²) in [5.74, 6) is 0.693. The normalized spacial score (nSPS) is 20.2. The van der Waals surface area contributed by atoms with Crippen LogP contribution < -0.4 is 4.74 Å². The number of carbonyl (C=O) groups excluding carboxylic acids is 1. The smallest absolute Gasteiger partial charge is 0.146 e. The Morgan fingerprint density at radius 2 is 1.93 bits per heavy atom. The minimum atomic E-state index is -0.994. The molecule has 1 aliphatic rings. The third-order valence-electron chi connectivity index (χ3n) is 5.24. The van der Waals surface area contributed by atoms with Gasteiger partial charge in [-0.25, -0.2) is 0 Å². The lowest BCUT2D eigenvalue weighted by Crippen LogP contribution is -2.47. The van der Waals surface area contributed by atoms with E-state index in [2.05, 4.69) is 0 Å². The maximum absolute atomic E-state index is 13.1. The zero-order valence-corrected chi connectivity index (χ0v) is 15.6. The molecule has 0 aromatic heterocycles. The predicted octanol–water partition coefficient (Wildman–Crippen LogP) is 2.41. The van der Waals surface area contributed by atoms with Crippen LogP contribution in [0.25, 0.3) is 0 Å². The van der Waals surface area contributed by atoms with E-state index in [1.165, 1.54) is 0 Å². The van der Waals surface area contributed by atoms with E-state index in [9.17, 15) is 15.0 Å². The van der Waals surface area contributed by atoms with Crippen molar-refractivity contribution >= 4 is 5.78 Å². The van der Waals surface area contributed by atoms with Crippen LogP contribution in [0.1, 0.15) is 29.5 Å². The van der Waals surface area contributed by atoms with Crippen LogP contribution in [-0.2, 0) is 28.0 Å². The highest BCUT2D eigenvalue weighted by Gasteiger charge is 2.45. The van der Waals surface area contributed by atoms with Crippen molar-refractivity contribution in [3.8, 4) is 5.75 Å². The molecule has 0 amide bonds. The first-order valence-corrected chi connectivity index (χ1v) is 9.20. The van der Waals surface area contributed by atoms with Crippen LogP contribution in [0.4, 0.5) is 0 Å². The number of benzene rings is 2. The average molecular weight is 370 g/mol. The fourth-order valence-corrected chi connectivity index (χ4v) is 3.81. The highest BCUT2D eigenvalue weighted by Crippen LogP contribution is 2.40. The molecule has 144 valence electrons. The Hall–Kier alpha value is -2.21. The number of Topliss-reactive ketones (excluding diaryl/α,β-unsaturated/α-hetero) is 1. The number of ketones is 1. The van der Waals surface area contributed by atoms with Gasteiger partial charge in [-0.1, -0.05) is 36.4 Å². The number of rotatable bonds is 8. The lowest BCUT2D eigenvalue weighted by Gasteiger charge is -2.39. The fraction of sp³-hybridized carbons (Fsp3) is 0.409. The summed E-state index contributed by atoms with van der Waals surface area (Å²) in [7, 11) is 1.59. The van der Waals surface area contributed by atoms with E-state index in [4.69, 9.17) is 9.47 Å². The minimum absolute atomic E-state index is 0.0313. The van der Waals surface area contributed by atoms with Gasteiger partial charge in [-0.2, -0.15) is 0 Å². The molecule has 1 aliphatic carbocycles. The van der Waals surface area contributed by atoms with Crippen LogP contribution in [0.15, 0.2) is 48.5 Å². The summed E-state index contributed by atoms with van der Waals surface area (Å²) < 4.78 is 11.3. The topological polar surface area (TPSA) is 76.0 Å². The van der Waals surface area contributed by atoms with E-state index in [-0.39, 0.29) is 18.8 Å². The van der Waals surface area contributed by atoms with Gasteiger partial charge < -0.3 is 19.7 Å². The largest absolute Gasteiger partial charge is 0.497 e. The molecular weight excluding hydrogens is 344 g/mol. The van der Waals surface area contributed by atoms with Crippen LogP contribution in [0.2, 0.25) is 0 Å². The molecule has 5 heteroatoms. The number of hydrogen-bond donors (Lipinski definition) is 2. The molecule has 27 heavy (non-hydrogen) atoms. The first kappa shape index (κ1) is 19.5. The van der Waals surface area contributed by atoms with Crippen molar-refractivity contribution in [2.24, 2.45) is 0 Å². The highest BCUT2D eigenvalue weighted by molar-refractivity contribution is 5.92. The third-order valence-corrected chi connectivity index (χ3v) is 5.24. The molecule has 0 saturated carbocycles. The van der Waals surface area contributed by atoms with E-state index in [0.717, 1.165) is 16.7 Å². The number of carbonyl (C=O) groups is 1. The van der Waals surface area contributed by atoms with Crippen LogP contribution in [0, 0.1) is 0 Å². The first-order valence-electron chi connectivity index (χ1n) is 9.20. The molecule has 2 aromatic rings. The summed E-state index contributed by atoms with van der Waals surface area (Å²) >= 11 is 0. The molecule has 2 atom stereocenters. The fourth-order valence-electron chi connectivity index (χ4n) is 3.81. The van der Waals surface area contributed by atoms with Gasteiger partial charge in [0.05, 0.1) is 38.4 Å². The van der Waals surface area contributed by atoms with Gasteiger partial charge in [0.15, 0.2) is 0 Å². The van der Waals surface area contributed by atoms with Crippen LogP contribution in [-0.4, -0.2) is 42.4 Å². The van der Waals surface area contributed by atoms with Crippen molar-refractivity contribution in [3.63, 3.8) is 0 Å². The van der Waals surface area contributed by atoms with Crippen LogP contribution in [0.5, 0.6) is 5.75 Å². The third kappa shape index (κ3) is 4.21. The van der Waals surface area contributed by atoms with Crippen molar-refractivity contribution in [1.29, 1.82) is 0 Å². The number of fused-ring (bicyclic) bond motifs is 1. The summed E-state index contributed by atoms with van der Waals surface area (Å²) in [6.45, 7) is 0.134. The second-order valence-electron chi connectivity index (χ2n) is 7.05. The van der Waals surface area contributed by atoms with Gasteiger partial charge in [0.2, 0.25) is 0 Å². The highest BCUT2D eigenvalue weighted by atomic mass is 16.5. The number of methoxy groups -OCH3 is 1. The number of aryl methyl sites for hydroxylation is 1. The quantitative estimate of drug-likeness (QED) is 0.746. The van der Waals surface area contributed by atoms with Gasteiger partial charge in [-0.05, 0) is 41.7 Å².